The molecule has 6 nitrogen and oxygen atoms in total. The van der Waals surface area contributed by atoms with Crippen LogP contribution < -0.4 is 14.4 Å². The lowest BCUT2D eigenvalue weighted by Crippen LogP contribution is -2.33. The number of thioether (sulfide) groups is 1. The van der Waals surface area contributed by atoms with Gasteiger partial charge in [-0.2, -0.15) is 0 Å². The molecule has 0 saturated heterocycles. The van der Waals surface area contributed by atoms with Crippen molar-refractivity contribution in [1.29, 1.82) is 0 Å². The van der Waals surface area contributed by atoms with Crippen LogP contribution in [0.1, 0.15) is 6.92 Å². The van der Waals surface area contributed by atoms with Gasteiger partial charge in [0.15, 0.2) is 0 Å². The average molecular weight is 413 g/mol. The fraction of sp³-hybridized carbons (Fsp3) is 0.235. The Labute approximate surface area is 161 Å². The number of halogens is 1. The lowest BCUT2D eigenvalue weighted by Gasteiger charge is -2.28. The summed E-state index contributed by atoms with van der Waals surface area (Å²) in [5, 5.41) is 0.382. The molecule has 0 fully saturated rings. The third-order valence-electron chi connectivity index (χ3n) is 3.89. The first-order valence-electron chi connectivity index (χ1n) is 7.73. The van der Waals surface area contributed by atoms with Crippen LogP contribution in [0.3, 0.4) is 0 Å². The molecule has 138 valence electrons. The van der Waals surface area contributed by atoms with Crippen molar-refractivity contribution >= 4 is 50.7 Å². The van der Waals surface area contributed by atoms with E-state index in [9.17, 15) is 13.2 Å². The van der Waals surface area contributed by atoms with Crippen LogP contribution in [0.15, 0.2) is 46.2 Å². The minimum atomic E-state index is -3.88. The van der Waals surface area contributed by atoms with Gasteiger partial charge in [-0.15, -0.1) is 11.8 Å². The van der Waals surface area contributed by atoms with Gasteiger partial charge in [-0.3, -0.25) is 9.52 Å². The van der Waals surface area contributed by atoms with Gasteiger partial charge in [0.05, 0.1) is 23.4 Å². The Balaban J connectivity index is 1.99. The number of hydrogen-bond acceptors (Lipinski definition) is 5. The molecule has 0 aromatic heterocycles. The summed E-state index contributed by atoms with van der Waals surface area (Å²) in [7, 11) is -2.43. The predicted octanol–water partition coefficient (Wildman–Crippen LogP) is 3.61. The molecule has 2 aromatic rings. The number of anilines is 2. The Morgan fingerprint density at radius 1 is 1.27 bits per heavy atom. The number of amides is 1. The quantitative estimate of drug-likeness (QED) is 0.830. The number of rotatable bonds is 4. The highest BCUT2D eigenvalue weighted by Crippen LogP contribution is 2.37. The summed E-state index contributed by atoms with van der Waals surface area (Å²) in [5.74, 6) is 1.01. The van der Waals surface area contributed by atoms with Gasteiger partial charge >= 0.3 is 0 Å². The zero-order valence-electron chi connectivity index (χ0n) is 14.2. The van der Waals surface area contributed by atoms with Crippen LogP contribution in [-0.4, -0.2) is 33.7 Å². The normalized spacial score (nSPS) is 13.9. The number of carbonyl (C=O) groups excluding carboxylic acids is 1. The van der Waals surface area contributed by atoms with Gasteiger partial charge in [-0.25, -0.2) is 8.42 Å². The van der Waals surface area contributed by atoms with Crippen LogP contribution in [0, 0.1) is 0 Å². The SMILES string of the molecule is COc1ccc(Cl)cc1NS(=O)(=O)c1ccc2c(c1)N(C(C)=O)CCS2. The van der Waals surface area contributed by atoms with Crippen molar-refractivity contribution in [3.05, 3.63) is 41.4 Å². The molecule has 3 rings (SSSR count). The molecule has 0 unspecified atom stereocenters. The number of nitrogens with one attached hydrogen (secondary N) is 1. The fourth-order valence-electron chi connectivity index (χ4n) is 2.66. The summed E-state index contributed by atoms with van der Waals surface area (Å²) in [6, 6.07) is 9.43. The zero-order valence-corrected chi connectivity index (χ0v) is 16.5. The number of hydrogen-bond donors (Lipinski definition) is 1. The minimum Gasteiger partial charge on any atom is -0.495 e. The number of methoxy groups -OCH3 is 1. The molecule has 9 heteroatoms. The van der Waals surface area contributed by atoms with Crippen LogP contribution in [0.2, 0.25) is 5.02 Å². The molecule has 2 aromatic carbocycles. The first-order valence-corrected chi connectivity index (χ1v) is 10.6. The lowest BCUT2D eigenvalue weighted by atomic mass is 10.2. The monoisotopic (exact) mass is 412 g/mol. The van der Waals surface area contributed by atoms with E-state index in [-0.39, 0.29) is 16.5 Å². The maximum absolute atomic E-state index is 12.8. The number of ether oxygens (including phenoxy) is 1. The highest BCUT2D eigenvalue weighted by atomic mass is 35.5. The van der Waals surface area contributed by atoms with Gasteiger partial charge in [0.25, 0.3) is 10.0 Å². The molecule has 0 spiro atoms. The van der Waals surface area contributed by atoms with Crippen LogP contribution >= 0.6 is 23.4 Å². The number of nitrogens with zero attached hydrogens (tertiary/aromatic N) is 1. The summed E-state index contributed by atoms with van der Waals surface area (Å²) < 4.78 is 33.3. The molecule has 1 aliphatic heterocycles. The van der Waals surface area contributed by atoms with E-state index in [4.69, 9.17) is 16.3 Å². The van der Waals surface area contributed by atoms with E-state index in [1.165, 1.54) is 32.2 Å². The van der Waals surface area contributed by atoms with E-state index in [2.05, 4.69) is 4.72 Å². The van der Waals surface area contributed by atoms with Gasteiger partial charge in [0.2, 0.25) is 5.91 Å². The molecule has 0 atom stereocenters. The topological polar surface area (TPSA) is 75.7 Å². The van der Waals surface area contributed by atoms with E-state index < -0.39 is 10.0 Å². The third kappa shape index (κ3) is 3.77. The Kier molecular flexibility index (Phi) is 5.36. The van der Waals surface area contributed by atoms with Crippen LogP contribution in [-0.2, 0) is 14.8 Å². The Hall–Kier alpha value is -1.90. The average Bonchev–Trinajstić information content (AvgIpc) is 2.60. The highest BCUT2D eigenvalue weighted by molar-refractivity contribution is 7.99. The van der Waals surface area contributed by atoms with Crippen molar-refractivity contribution in [2.45, 2.75) is 16.7 Å². The second-order valence-corrected chi connectivity index (χ2v) is 8.85. The molecule has 0 saturated carbocycles. The Morgan fingerprint density at radius 3 is 2.73 bits per heavy atom. The maximum Gasteiger partial charge on any atom is 0.262 e. The summed E-state index contributed by atoms with van der Waals surface area (Å²) in [4.78, 5) is 14.4. The maximum atomic E-state index is 12.8. The highest BCUT2D eigenvalue weighted by Gasteiger charge is 2.24. The first kappa shape index (κ1) is 18.9. The zero-order chi connectivity index (χ0) is 18.9. The smallest absolute Gasteiger partial charge is 0.262 e. The Morgan fingerprint density at radius 2 is 2.04 bits per heavy atom. The number of sulfonamides is 1. The van der Waals surface area contributed by atoms with Crippen molar-refractivity contribution in [3.63, 3.8) is 0 Å². The summed E-state index contributed by atoms with van der Waals surface area (Å²) >= 11 is 7.55. The molecular weight excluding hydrogens is 396 g/mol. The van der Waals surface area contributed by atoms with Crippen molar-refractivity contribution in [2.24, 2.45) is 0 Å². The van der Waals surface area contributed by atoms with Crippen LogP contribution in [0.4, 0.5) is 11.4 Å². The summed E-state index contributed by atoms with van der Waals surface area (Å²) in [6.07, 6.45) is 0. The standard InChI is InChI=1S/C17H17ClN2O4S2/c1-11(21)20-7-8-25-17-6-4-13(10-15(17)20)26(22,23)19-14-9-12(18)3-5-16(14)24-2/h3-6,9-10,19H,7-8H2,1-2H3. The molecule has 1 heterocycles. The predicted molar refractivity (Wildman–Crippen MR) is 104 cm³/mol. The lowest BCUT2D eigenvalue weighted by molar-refractivity contribution is -0.116. The van der Waals surface area contributed by atoms with Crippen molar-refractivity contribution in [2.75, 3.05) is 29.0 Å². The number of benzene rings is 2. The molecule has 1 aliphatic rings. The van der Waals surface area contributed by atoms with E-state index in [1.54, 1.807) is 34.9 Å². The van der Waals surface area contributed by atoms with Gasteiger partial charge in [-0.05, 0) is 36.4 Å². The molecule has 1 amide bonds. The number of carbonyl (C=O) groups is 1. The second kappa shape index (κ2) is 7.38. The first-order chi connectivity index (χ1) is 12.3. The Bertz CT molecular complexity index is 963. The molecule has 0 radical (unpaired) electrons. The van der Waals surface area contributed by atoms with Crippen LogP contribution in [0.25, 0.3) is 0 Å². The van der Waals surface area contributed by atoms with E-state index >= 15 is 0 Å². The third-order valence-corrected chi connectivity index (χ3v) is 6.53. The van der Waals surface area contributed by atoms with Gasteiger partial charge in [-0.1, -0.05) is 11.6 Å². The van der Waals surface area contributed by atoms with E-state index in [0.29, 0.717) is 23.0 Å². The fourth-order valence-corrected chi connectivity index (χ4v) is 4.88. The van der Waals surface area contributed by atoms with E-state index in [1.807, 2.05) is 0 Å². The van der Waals surface area contributed by atoms with Crippen molar-refractivity contribution < 1.29 is 17.9 Å². The number of fused-ring (bicyclic) bond motifs is 1. The molecule has 26 heavy (non-hydrogen) atoms. The van der Waals surface area contributed by atoms with Gasteiger partial charge in [0.1, 0.15) is 5.75 Å². The molecule has 1 N–H and O–H groups in total. The van der Waals surface area contributed by atoms with Crippen molar-refractivity contribution in [3.8, 4) is 5.75 Å². The molecule has 0 aliphatic carbocycles. The largest absolute Gasteiger partial charge is 0.495 e. The summed E-state index contributed by atoms with van der Waals surface area (Å²) in [5.41, 5.74) is 0.852. The van der Waals surface area contributed by atoms with Gasteiger partial charge < -0.3 is 9.64 Å². The van der Waals surface area contributed by atoms with Crippen LogP contribution in [0.5, 0.6) is 5.75 Å². The minimum absolute atomic E-state index is 0.0621. The van der Waals surface area contributed by atoms with Crippen molar-refractivity contribution in [1.82, 2.24) is 0 Å². The van der Waals surface area contributed by atoms with Gasteiger partial charge in [0, 0.05) is 29.1 Å². The molecular formula is C17H17ClN2O4S2. The second-order valence-electron chi connectivity index (χ2n) is 5.60. The molecule has 0 bridgehead atoms. The summed E-state index contributed by atoms with van der Waals surface area (Å²) in [6.45, 7) is 2.02. The van der Waals surface area contributed by atoms with E-state index in [0.717, 1.165) is 10.6 Å².